The highest BCUT2D eigenvalue weighted by Crippen LogP contribution is 2.27. The first kappa shape index (κ1) is 19.8. The van der Waals surface area contributed by atoms with Gasteiger partial charge in [0.05, 0.1) is 0 Å². The van der Waals surface area contributed by atoms with E-state index in [1.807, 2.05) is 25.2 Å². The summed E-state index contributed by atoms with van der Waals surface area (Å²) >= 11 is 6.14. The second kappa shape index (κ2) is 10.4. The van der Waals surface area contributed by atoms with Crippen molar-refractivity contribution in [2.24, 2.45) is 0 Å². The van der Waals surface area contributed by atoms with Gasteiger partial charge in [0.2, 0.25) is 0 Å². The van der Waals surface area contributed by atoms with E-state index in [1.54, 1.807) is 0 Å². The summed E-state index contributed by atoms with van der Waals surface area (Å²) < 4.78 is 6.25. The van der Waals surface area contributed by atoms with E-state index in [1.165, 1.54) is 12.0 Å². The van der Waals surface area contributed by atoms with Gasteiger partial charge in [-0.15, -0.1) is 0 Å². The third-order valence-electron chi connectivity index (χ3n) is 4.14. The van der Waals surface area contributed by atoms with Crippen molar-refractivity contribution in [1.82, 2.24) is 10.2 Å². The zero-order valence-electron chi connectivity index (χ0n) is 15.5. The molecule has 0 aliphatic rings. The molecule has 0 saturated carbocycles. The molecule has 1 N–H and O–H groups in total. The number of benzene rings is 2. The lowest BCUT2D eigenvalue weighted by atomic mass is 10.1. The predicted molar refractivity (Wildman–Crippen MR) is 106 cm³/mol. The summed E-state index contributed by atoms with van der Waals surface area (Å²) in [5.41, 5.74) is 2.41. The zero-order chi connectivity index (χ0) is 18.1. The third kappa shape index (κ3) is 6.69. The second-order valence-corrected chi connectivity index (χ2v) is 6.87. The highest BCUT2D eigenvalue weighted by molar-refractivity contribution is 6.30. The lowest BCUT2D eigenvalue weighted by Crippen LogP contribution is -2.18. The molecule has 0 fully saturated rings. The first-order valence-electron chi connectivity index (χ1n) is 8.96. The maximum atomic E-state index is 6.25. The molecule has 0 aliphatic carbocycles. The number of halogens is 1. The standard InChI is InChI=1S/C21H29ClN2O/c1-4-14-24(3)16-17-8-10-20(11-9-17)25-21(12-13-23-2)18-6-5-7-19(22)15-18/h5-11,15,21,23H,4,12-14,16H2,1-3H3. The van der Waals surface area contributed by atoms with Crippen LogP contribution in [0.25, 0.3) is 0 Å². The van der Waals surface area contributed by atoms with Crippen LogP contribution in [0, 0.1) is 0 Å². The van der Waals surface area contributed by atoms with Crippen molar-refractivity contribution in [2.75, 3.05) is 27.2 Å². The molecule has 1 unspecified atom stereocenters. The van der Waals surface area contributed by atoms with Crippen LogP contribution in [0.15, 0.2) is 48.5 Å². The van der Waals surface area contributed by atoms with E-state index in [2.05, 4.69) is 54.5 Å². The van der Waals surface area contributed by atoms with Crippen LogP contribution in [-0.4, -0.2) is 32.1 Å². The van der Waals surface area contributed by atoms with Crippen molar-refractivity contribution in [2.45, 2.75) is 32.4 Å². The number of nitrogens with one attached hydrogen (secondary N) is 1. The lowest BCUT2D eigenvalue weighted by Gasteiger charge is -2.20. The van der Waals surface area contributed by atoms with Gasteiger partial charge in [0.25, 0.3) is 0 Å². The first-order chi connectivity index (χ1) is 12.1. The molecule has 0 aliphatic heterocycles. The summed E-state index contributed by atoms with van der Waals surface area (Å²) in [6.45, 7) is 5.16. The van der Waals surface area contributed by atoms with Crippen LogP contribution in [0.3, 0.4) is 0 Å². The van der Waals surface area contributed by atoms with E-state index in [-0.39, 0.29) is 6.10 Å². The Kier molecular flexibility index (Phi) is 8.26. The van der Waals surface area contributed by atoms with Crippen LogP contribution in [0.2, 0.25) is 5.02 Å². The molecule has 2 aromatic carbocycles. The van der Waals surface area contributed by atoms with E-state index in [4.69, 9.17) is 16.3 Å². The zero-order valence-corrected chi connectivity index (χ0v) is 16.2. The molecule has 0 heterocycles. The van der Waals surface area contributed by atoms with Crippen molar-refractivity contribution in [3.05, 3.63) is 64.7 Å². The van der Waals surface area contributed by atoms with Crippen LogP contribution >= 0.6 is 11.6 Å². The van der Waals surface area contributed by atoms with E-state index in [0.717, 1.165) is 42.4 Å². The number of nitrogens with zero attached hydrogens (tertiary/aromatic N) is 1. The Morgan fingerprint density at radius 2 is 1.92 bits per heavy atom. The highest BCUT2D eigenvalue weighted by atomic mass is 35.5. The van der Waals surface area contributed by atoms with E-state index in [9.17, 15) is 0 Å². The Morgan fingerprint density at radius 1 is 1.16 bits per heavy atom. The molecule has 25 heavy (non-hydrogen) atoms. The van der Waals surface area contributed by atoms with Crippen LogP contribution < -0.4 is 10.1 Å². The average molecular weight is 361 g/mol. The van der Waals surface area contributed by atoms with Crippen molar-refractivity contribution >= 4 is 11.6 Å². The summed E-state index contributed by atoms with van der Waals surface area (Å²) in [7, 11) is 4.11. The van der Waals surface area contributed by atoms with Crippen molar-refractivity contribution in [3.63, 3.8) is 0 Å². The fourth-order valence-electron chi connectivity index (χ4n) is 2.89. The molecule has 0 saturated heterocycles. The molecule has 0 bridgehead atoms. The Hall–Kier alpha value is -1.55. The fraction of sp³-hybridized carbons (Fsp3) is 0.429. The van der Waals surface area contributed by atoms with Gasteiger partial charge in [-0.25, -0.2) is 0 Å². The van der Waals surface area contributed by atoms with Gasteiger partial charge < -0.3 is 15.0 Å². The summed E-state index contributed by atoms with van der Waals surface area (Å²) in [4.78, 5) is 2.33. The van der Waals surface area contributed by atoms with Crippen molar-refractivity contribution in [1.29, 1.82) is 0 Å². The molecule has 0 aromatic heterocycles. The maximum absolute atomic E-state index is 6.25. The third-order valence-corrected chi connectivity index (χ3v) is 4.37. The van der Waals surface area contributed by atoms with E-state index in [0.29, 0.717) is 0 Å². The quantitative estimate of drug-likeness (QED) is 0.651. The minimum Gasteiger partial charge on any atom is -0.486 e. The van der Waals surface area contributed by atoms with E-state index >= 15 is 0 Å². The normalized spacial score (nSPS) is 12.4. The number of hydrogen-bond donors (Lipinski definition) is 1. The fourth-order valence-corrected chi connectivity index (χ4v) is 3.08. The van der Waals surface area contributed by atoms with Crippen LogP contribution in [0.5, 0.6) is 5.75 Å². The molecule has 3 nitrogen and oxygen atoms in total. The van der Waals surface area contributed by atoms with Gasteiger partial charge >= 0.3 is 0 Å². The summed E-state index contributed by atoms with van der Waals surface area (Å²) in [5.74, 6) is 0.892. The molecule has 4 heteroatoms. The maximum Gasteiger partial charge on any atom is 0.125 e. The molecule has 2 aromatic rings. The first-order valence-corrected chi connectivity index (χ1v) is 9.34. The SMILES string of the molecule is CCCN(C)Cc1ccc(OC(CCNC)c2cccc(Cl)c2)cc1. The van der Waals surface area contributed by atoms with Gasteiger partial charge in [-0.1, -0.05) is 42.8 Å². The lowest BCUT2D eigenvalue weighted by molar-refractivity contribution is 0.195. The topological polar surface area (TPSA) is 24.5 Å². The summed E-state index contributed by atoms with van der Waals surface area (Å²) in [6, 6.07) is 16.3. The number of ether oxygens (including phenoxy) is 1. The van der Waals surface area contributed by atoms with E-state index < -0.39 is 0 Å². The summed E-state index contributed by atoms with van der Waals surface area (Å²) in [5, 5.41) is 3.93. The minimum atomic E-state index is -0.0141. The molecular weight excluding hydrogens is 332 g/mol. The van der Waals surface area contributed by atoms with Gasteiger partial charge in [-0.3, -0.25) is 0 Å². The second-order valence-electron chi connectivity index (χ2n) is 6.44. The summed E-state index contributed by atoms with van der Waals surface area (Å²) in [6.07, 6.45) is 2.04. The number of hydrogen-bond acceptors (Lipinski definition) is 3. The minimum absolute atomic E-state index is 0.0141. The molecular formula is C21H29ClN2O. The Bertz CT molecular complexity index is 630. The predicted octanol–water partition coefficient (Wildman–Crippen LogP) is 4.91. The smallest absolute Gasteiger partial charge is 0.125 e. The molecule has 0 radical (unpaired) electrons. The van der Waals surface area contributed by atoms with Gasteiger partial charge in [0, 0.05) is 18.0 Å². The average Bonchev–Trinajstić information content (AvgIpc) is 2.60. The van der Waals surface area contributed by atoms with Gasteiger partial charge in [0.1, 0.15) is 11.9 Å². The van der Waals surface area contributed by atoms with Gasteiger partial charge in [-0.2, -0.15) is 0 Å². The molecule has 1 atom stereocenters. The van der Waals surface area contributed by atoms with Crippen LogP contribution in [-0.2, 0) is 6.54 Å². The molecule has 2 rings (SSSR count). The van der Waals surface area contributed by atoms with Gasteiger partial charge in [0.15, 0.2) is 0 Å². The van der Waals surface area contributed by atoms with Crippen molar-refractivity contribution < 1.29 is 4.74 Å². The monoisotopic (exact) mass is 360 g/mol. The molecule has 0 amide bonds. The Morgan fingerprint density at radius 3 is 2.56 bits per heavy atom. The largest absolute Gasteiger partial charge is 0.486 e. The van der Waals surface area contributed by atoms with Crippen LogP contribution in [0.4, 0.5) is 0 Å². The highest BCUT2D eigenvalue weighted by Gasteiger charge is 2.13. The Labute approximate surface area is 156 Å². The van der Waals surface area contributed by atoms with Gasteiger partial charge in [-0.05, 0) is 69.0 Å². The van der Waals surface area contributed by atoms with Crippen molar-refractivity contribution in [3.8, 4) is 5.75 Å². The van der Waals surface area contributed by atoms with Crippen LogP contribution in [0.1, 0.15) is 37.0 Å². The Balaban J connectivity index is 2.05. The molecule has 0 spiro atoms. The molecule has 136 valence electrons. The number of rotatable bonds is 10.